The molecule has 20 heavy (non-hydrogen) atoms. The first-order valence-corrected chi connectivity index (χ1v) is 6.14. The number of hydrogen-bond acceptors (Lipinski definition) is 2. The smallest absolute Gasteiger partial charge is 0.153 e. The molecule has 0 bridgehead atoms. The monoisotopic (exact) mass is 266 g/mol. The van der Waals surface area contributed by atoms with Gasteiger partial charge in [-0.15, -0.1) is 0 Å². The highest BCUT2D eigenvalue weighted by Gasteiger charge is 2.09. The minimum atomic E-state index is -0.519. The lowest BCUT2D eigenvalue weighted by molar-refractivity contribution is 0.112. The van der Waals surface area contributed by atoms with Crippen molar-refractivity contribution >= 4 is 6.29 Å². The summed E-state index contributed by atoms with van der Waals surface area (Å²) in [4.78, 5) is 10.8. The van der Waals surface area contributed by atoms with Crippen LogP contribution in [0.15, 0.2) is 60.8 Å². The van der Waals surface area contributed by atoms with E-state index in [-0.39, 0.29) is 5.56 Å². The van der Waals surface area contributed by atoms with Crippen LogP contribution in [0.3, 0.4) is 0 Å². The Morgan fingerprint density at radius 1 is 1.05 bits per heavy atom. The van der Waals surface area contributed by atoms with Crippen LogP contribution in [-0.4, -0.2) is 16.1 Å². The van der Waals surface area contributed by atoms with Crippen LogP contribution < -0.4 is 0 Å². The summed E-state index contributed by atoms with van der Waals surface area (Å²) < 4.78 is 15.1. The number of hydrogen-bond donors (Lipinski definition) is 0. The molecule has 0 saturated carbocycles. The number of aromatic nitrogens is 2. The molecule has 0 unspecified atom stereocenters. The maximum Gasteiger partial charge on any atom is 0.153 e. The molecule has 0 amide bonds. The molecule has 2 aromatic carbocycles. The van der Waals surface area contributed by atoms with E-state index in [1.165, 1.54) is 12.1 Å². The molecule has 0 aliphatic carbocycles. The Bertz CT molecular complexity index is 750. The van der Waals surface area contributed by atoms with Gasteiger partial charge in [0, 0.05) is 5.56 Å². The highest BCUT2D eigenvalue weighted by atomic mass is 19.1. The van der Waals surface area contributed by atoms with E-state index < -0.39 is 5.82 Å². The Morgan fingerprint density at radius 3 is 2.60 bits per heavy atom. The van der Waals surface area contributed by atoms with Gasteiger partial charge in [0.2, 0.25) is 0 Å². The van der Waals surface area contributed by atoms with Crippen LogP contribution in [0.2, 0.25) is 0 Å². The van der Waals surface area contributed by atoms with Crippen LogP contribution in [0.5, 0.6) is 0 Å². The summed E-state index contributed by atoms with van der Waals surface area (Å²) >= 11 is 0. The van der Waals surface area contributed by atoms with Crippen molar-refractivity contribution in [2.45, 2.75) is 0 Å². The zero-order valence-electron chi connectivity index (χ0n) is 10.5. The molecule has 0 aliphatic heterocycles. The number of carbonyl (C=O) groups is 1. The Morgan fingerprint density at radius 2 is 1.85 bits per heavy atom. The van der Waals surface area contributed by atoms with Crippen molar-refractivity contribution in [2.75, 3.05) is 0 Å². The molecule has 3 aromatic rings. The number of carbonyl (C=O) groups excluding carboxylic acids is 1. The quantitative estimate of drug-likeness (QED) is 0.680. The van der Waals surface area contributed by atoms with Crippen LogP contribution in [0.1, 0.15) is 10.4 Å². The molecule has 4 heteroatoms. The molecule has 0 atom stereocenters. The first-order valence-electron chi connectivity index (χ1n) is 6.14. The maximum atomic E-state index is 13.4. The van der Waals surface area contributed by atoms with E-state index >= 15 is 0 Å². The third-order valence-corrected chi connectivity index (χ3v) is 3.06. The van der Waals surface area contributed by atoms with Gasteiger partial charge in [-0.05, 0) is 36.4 Å². The van der Waals surface area contributed by atoms with E-state index in [0.717, 1.165) is 16.9 Å². The van der Waals surface area contributed by atoms with E-state index in [1.54, 1.807) is 16.9 Å². The van der Waals surface area contributed by atoms with Gasteiger partial charge < -0.3 is 0 Å². The standard InChI is InChI=1S/C16H11FN2O/c17-15-7-6-12(10-13(15)11-20)16-8-9-18-19(16)14-4-2-1-3-5-14/h1-11H. The van der Waals surface area contributed by atoms with Crippen molar-refractivity contribution in [1.82, 2.24) is 9.78 Å². The highest BCUT2D eigenvalue weighted by Crippen LogP contribution is 2.23. The fourth-order valence-corrected chi connectivity index (χ4v) is 2.09. The molecule has 1 heterocycles. The second kappa shape index (κ2) is 5.09. The van der Waals surface area contributed by atoms with Crippen LogP contribution in [0.25, 0.3) is 16.9 Å². The number of para-hydroxylation sites is 1. The third kappa shape index (κ3) is 2.12. The van der Waals surface area contributed by atoms with E-state index in [0.29, 0.717) is 6.29 Å². The van der Waals surface area contributed by atoms with E-state index in [4.69, 9.17) is 0 Å². The second-order valence-electron chi connectivity index (χ2n) is 4.32. The molecule has 0 N–H and O–H groups in total. The summed E-state index contributed by atoms with van der Waals surface area (Å²) in [5.74, 6) is -0.519. The lowest BCUT2D eigenvalue weighted by atomic mass is 10.1. The number of benzene rings is 2. The molecule has 1 aromatic heterocycles. The SMILES string of the molecule is O=Cc1cc(-c2ccnn2-c2ccccc2)ccc1F. The van der Waals surface area contributed by atoms with Crippen molar-refractivity contribution in [2.24, 2.45) is 0 Å². The molecule has 0 saturated heterocycles. The molecule has 98 valence electrons. The summed E-state index contributed by atoms with van der Waals surface area (Å²) in [6.45, 7) is 0. The van der Waals surface area contributed by atoms with Crippen molar-refractivity contribution in [3.63, 3.8) is 0 Å². The molecule has 0 fully saturated rings. The van der Waals surface area contributed by atoms with Gasteiger partial charge in [-0.1, -0.05) is 18.2 Å². The topological polar surface area (TPSA) is 34.9 Å². The Hall–Kier alpha value is -2.75. The summed E-state index contributed by atoms with van der Waals surface area (Å²) in [7, 11) is 0. The Labute approximate surface area is 115 Å². The lowest BCUT2D eigenvalue weighted by Crippen LogP contribution is -1.99. The average Bonchev–Trinajstić information content (AvgIpc) is 2.98. The summed E-state index contributed by atoms with van der Waals surface area (Å²) in [5, 5.41) is 4.28. The van der Waals surface area contributed by atoms with Crippen LogP contribution >= 0.6 is 0 Å². The fraction of sp³-hybridized carbons (Fsp3) is 0. The van der Waals surface area contributed by atoms with Gasteiger partial charge in [0.1, 0.15) is 5.82 Å². The Kier molecular flexibility index (Phi) is 3.13. The van der Waals surface area contributed by atoms with Crippen molar-refractivity contribution < 1.29 is 9.18 Å². The molecule has 0 aliphatic rings. The van der Waals surface area contributed by atoms with Crippen molar-refractivity contribution in [1.29, 1.82) is 0 Å². The Balaban J connectivity index is 2.13. The second-order valence-corrected chi connectivity index (χ2v) is 4.32. The van der Waals surface area contributed by atoms with Gasteiger partial charge in [0.25, 0.3) is 0 Å². The van der Waals surface area contributed by atoms with Gasteiger partial charge >= 0.3 is 0 Å². The van der Waals surface area contributed by atoms with Gasteiger partial charge in [-0.25, -0.2) is 9.07 Å². The number of aldehydes is 1. The zero-order valence-corrected chi connectivity index (χ0v) is 10.5. The summed E-state index contributed by atoms with van der Waals surface area (Å²) in [6, 6.07) is 15.9. The molecule has 3 nitrogen and oxygen atoms in total. The van der Waals surface area contributed by atoms with Gasteiger partial charge in [-0.3, -0.25) is 4.79 Å². The molecule has 0 radical (unpaired) electrons. The number of halogens is 1. The fourth-order valence-electron chi connectivity index (χ4n) is 2.09. The van der Waals surface area contributed by atoms with Crippen LogP contribution in [-0.2, 0) is 0 Å². The van der Waals surface area contributed by atoms with Gasteiger partial charge in [0.15, 0.2) is 6.29 Å². The largest absolute Gasteiger partial charge is 0.298 e. The molecule has 3 rings (SSSR count). The minimum Gasteiger partial charge on any atom is -0.298 e. The van der Waals surface area contributed by atoms with Crippen LogP contribution in [0.4, 0.5) is 4.39 Å². The molecular weight excluding hydrogens is 255 g/mol. The zero-order chi connectivity index (χ0) is 13.9. The predicted octanol–water partition coefficient (Wildman–Crippen LogP) is 3.49. The first kappa shape index (κ1) is 12.3. The first-order chi connectivity index (χ1) is 9.79. The normalized spacial score (nSPS) is 10.4. The van der Waals surface area contributed by atoms with E-state index in [9.17, 15) is 9.18 Å². The van der Waals surface area contributed by atoms with Gasteiger partial charge in [-0.2, -0.15) is 5.10 Å². The maximum absolute atomic E-state index is 13.4. The van der Waals surface area contributed by atoms with Crippen molar-refractivity contribution in [3.8, 4) is 16.9 Å². The van der Waals surface area contributed by atoms with E-state index in [1.807, 2.05) is 36.4 Å². The van der Waals surface area contributed by atoms with Crippen molar-refractivity contribution in [3.05, 3.63) is 72.2 Å². The summed E-state index contributed by atoms with van der Waals surface area (Å²) in [6.07, 6.45) is 2.19. The highest BCUT2D eigenvalue weighted by molar-refractivity contribution is 5.79. The van der Waals surface area contributed by atoms with Gasteiger partial charge in [0.05, 0.1) is 23.1 Å². The minimum absolute atomic E-state index is 0.0447. The predicted molar refractivity (Wildman–Crippen MR) is 74.3 cm³/mol. The molecular formula is C16H11FN2O. The lowest BCUT2D eigenvalue weighted by Gasteiger charge is -2.08. The molecule has 0 spiro atoms. The third-order valence-electron chi connectivity index (χ3n) is 3.06. The summed E-state index contributed by atoms with van der Waals surface area (Å²) in [5.41, 5.74) is 2.50. The van der Waals surface area contributed by atoms with Crippen LogP contribution in [0, 0.1) is 5.82 Å². The number of rotatable bonds is 3. The van der Waals surface area contributed by atoms with E-state index in [2.05, 4.69) is 5.10 Å². The number of nitrogens with zero attached hydrogens (tertiary/aromatic N) is 2. The average molecular weight is 266 g/mol.